The number of carbonyl (C=O) groups excluding carboxylic acids is 2. The number of hydrogen-bond donors (Lipinski definition) is 1. The van der Waals surface area contributed by atoms with Gasteiger partial charge in [-0.2, -0.15) is 8.78 Å². The van der Waals surface area contributed by atoms with Gasteiger partial charge in [0, 0.05) is 5.69 Å². The maximum atomic E-state index is 12.1. The fourth-order valence-electron chi connectivity index (χ4n) is 2.45. The minimum absolute atomic E-state index is 0.0225. The minimum atomic E-state index is -2.92. The van der Waals surface area contributed by atoms with Gasteiger partial charge in [-0.3, -0.25) is 4.79 Å². The van der Waals surface area contributed by atoms with E-state index in [0.29, 0.717) is 11.3 Å². The van der Waals surface area contributed by atoms with Gasteiger partial charge < -0.3 is 14.8 Å². The lowest BCUT2D eigenvalue weighted by atomic mass is 10.1. The first-order valence-electron chi connectivity index (χ1n) is 8.02. The standard InChI is InChI=1S/C20H15F2NO4/c21-20(22)27-17-9-7-16(8-10-17)23-18(24)12-26-19(25)15-6-5-13-3-1-2-4-14(13)11-15/h1-11,20H,12H2,(H,23,24). The van der Waals surface area contributed by atoms with Gasteiger partial charge in [0.1, 0.15) is 5.75 Å². The number of benzene rings is 3. The lowest BCUT2D eigenvalue weighted by Crippen LogP contribution is -2.20. The van der Waals surface area contributed by atoms with Crippen LogP contribution in [0.3, 0.4) is 0 Å². The second-order valence-electron chi connectivity index (χ2n) is 5.59. The van der Waals surface area contributed by atoms with Crippen LogP contribution in [-0.4, -0.2) is 25.1 Å². The van der Waals surface area contributed by atoms with E-state index >= 15 is 0 Å². The van der Waals surface area contributed by atoms with Gasteiger partial charge >= 0.3 is 12.6 Å². The number of carbonyl (C=O) groups is 2. The van der Waals surface area contributed by atoms with Crippen LogP contribution >= 0.6 is 0 Å². The molecule has 27 heavy (non-hydrogen) atoms. The highest BCUT2D eigenvalue weighted by molar-refractivity contribution is 5.98. The number of ether oxygens (including phenoxy) is 2. The highest BCUT2D eigenvalue weighted by atomic mass is 19.3. The summed E-state index contributed by atoms with van der Waals surface area (Å²) < 4.78 is 33.4. The lowest BCUT2D eigenvalue weighted by molar-refractivity contribution is -0.119. The summed E-state index contributed by atoms with van der Waals surface area (Å²) >= 11 is 0. The Hall–Kier alpha value is -3.48. The molecule has 0 unspecified atom stereocenters. The number of amides is 1. The maximum absolute atomic E-state index is 12.1. The van der Waals surface area contributed by atoms with Crippen molar-refractivity contribution in [3.05, 3.63) is 72.3 Å². The molecule has 0 spiro atoms. The third-order valence-electron chi connectivity index (χ3n) is 3.68. The number of hydrogen-bond acceptors (Lipinski definition) is 4. The summed E-state index contributed by atoms with van der Waals surface area (Å²) in [6.07, 6.45) is 0. The molecule has 3 aromatic rings. The van der Waals surface area contributed by atoms with E-state index in [9.17, 15) is 18.4 Å². The Kier molecular flexibility index (Phi) is 5.61. The van der Waals surface area contributed by atoms with Crippen molar-refractivity contribution in [3.8, 4) is 5.75 Å². The van der Waals surface area contributed by atoms with E-state index in [1.165, 1.54) is 24.3 Å². The Morgan fingerprint density at radius 2 is 1.63 bits per heavy atom. The van der Waals surface area contributed by atoms with Gasteiger partial charge in [0.2, 0.25) is 0 Å². The van der Waals surface area contributed by atoms with Crippen molar-refractivity contribution in [2.24, 2.45) is 0 Å². The first-order chi connectivity index (χ1) is 13.0. The largest absolute Gasteiger partial charge is 0.452 e. The van der Waals surface area contributed by atoms with E-state index in [4.69, 9.17) is 4.74 Å². The number of fused-ring (bicyclic) bond motifs is 1. The van der Waals surface area contributed by atoms with Crippen molar-refractivity contribution < 1.29 is 27.8 Å². The van der Waals surface area contributed by atoms with Gasteiger partial charge in [-0.25, -0.2) is 4.79 Å². The van der Waals surface area contributed by atoms with Gasteiger partial charge in [0.05, 0.1) is 5.56 Å². The monoisotopic (exact) mass is 371 g/mol. The summed E-state index contributed by atoms with van der Waals surface area (Å²) in [4.78, 5) is 24.0. The molecule has 0 saturated heterocycles. The summed E-state index contributed by atoms with van der Waals surface area (Å²) in [5.41, 5.74) is 0.707. The predicted molar refractivity (Wildman–Crippen MR) is 95.9 cm³/mol. The van der Waals surface area contributed by atoms with E-state index < -0.39 is 25.1 Å². The van der Waals surface area contributed by atoms with Crippen LogP contribution in [-0.2, 0) is 9.53 Å². The Balaban J connectivity index is 1.54. The molecule has 7 heteroatoms. The second kappa shape index (κ2) is 8.27. The Morgan fingerprint density at radius 3 is 2.33 bits per heavy atom. The van der Waals surface area contributed by atoms with Crippen LogP contribution in [0.1, 0.15) is 10.4 Å². The smallest absolute Gasteiger partial charge is 0.387 e. The highest BCUT2D eigenvalue weighted by Gasteiger charge is 2.11. The van der Waals surface area contributed by atoms with Crippen LogP contribution < -0.4 is 10.1 Å². The molecule has 3 rings (SSSR count). The zero-order valence-electron chi connectivity index (χ0n) is 14.0. The minimum Gasteiger partial charge on any atom is -0.452 e. The van der Waals surface area contributed by atoms with E-state index in [1.54, 1.807) is 18.2 Å². The topological polar surface area (TPSA) is 64.6 Å². The van der Waals surface area contributed by atoms with Crippen molar-refractivity contribution in [2.45, 2.75) is 6.61 Å². The molecular weight excluding hydrogens is 356 g/mol. The molecule has 0 radical (unpaired) electrons. The molecule has 0 fully saturated rings. The summed E-state index contributed by atoms with van der Waals surface area (Å²) in [5.74, 6) is -1.19. The van der Waals surface area contributed by atoms with Crippen molar-refractivity contribution in [1.82, 2.24) is 0 Å². The molecule has 0 aliphatic heterocycles. The number of halogens is 2. The molecule has 0 saturated carbocycles. The lowest BCUT2D eigenvalue weighted by Gasteiger charge is -2.08. The van der Waals surface area contributed by atoms with Crippen LogP contribution in [0.4, 0.5) is 14.5 Å². The summed E-state index contributed by atoms with van der Waals surface area (Å²) in [5, 5.41) is 4.38. The molecule has 5 nitrogen and oxygen atoms in total. The number of rotatable bonds is 6. The highest BCUT2D eigenvalue weighted by Crippen LogP contribution is 2.18. The fourth-order valence-corrected chi connectivity index (χ4v) is 2.45. The summed E-state index contributed by atoms with van der Waals surface area (Å²) in [7, 11) is 0. The van der Waals surface area contributed by atoms with E-state index in [1.807, 2.05) is 24.3 Å². The maximum Gasteiger partial charge on any atom is 0.387 e. The average molecular weight is 371 g/mol. The van der Waals surface area contributed by atoms with Crippen LogP contribution in [0.15, 0.2) is 66.7 Å². The van der Waals surface area contributed by atoms with Crippen molar-refractivity contribution in [3.63, 3.8) is 0 Å². The molecule has 3 aromatic carbocycles. The Morgan fingerprint density at radius 1 is 0.926 bits per heavy atom. The summed E-state index contributed by atoms with van der Waals surface area (Å²) in [6, 6.07) is 18.1. The summed E-state index contributed by atoms with van der Waals surface area (Å²) in [6.45, 7) is -3.39. The van der Waals surface area contributed by atoms with Gasteiger partial charge in [0.15, 0.2) is 6.61 Å². The number of nitrogens with one attached hydrogen (secondary N) is 1. The Labute approximate surface area is 153 Å². The molecule has 0 heterocycles. The molecule has 0 aromatic heterocycles. The molecule has 1 N–H and O–H groups in total. The number of alkyl halides is 2. The van der Waals surface area contributed by atoms with Crippen molar-refractivity contribution >= 4 is 28.3 Å². The first-order valence-corrected chi connectivity index (χ1v) is 8.02. The zero-order valence-corrected chi connectivity index (χ0v) is 14.0. The molecule has 1 amide bonds. The van der Waals surface area contributed by atoms with Crippen LogP contribution in [0.5, 0.6) is 5.75 Å². The van der Waals surface area contributed by atoms with Crippen molar-refractivity contribution in [1.29, 1.82) is 0 Å². The second-order valence-corrected chi connectivity index (χ2v) is 5.59. The first kappa shape index (κ1) is 18.3. The SMILES string of the molecule is O=C(COC(=O)c1ccc2ccccc2c1)Nc1ccc(OC(F)F)cc1. The zero-order chi connectivity index (χ0) is 19.2. The van der Waals surface area contributed by atoms with Crippen LogP contribution in [0.2, 0.25) is 0 Å². The van der Waals surface area contributed by atoms with Gasteiger partial charge in [-0.1, -0.05) is 30.3 Å². The molecule has 0 aliphatic rings. The van der Waals surface area contributed by atoms with Gasteiger partial charge in [-0.15, -0.1) is 0 Å². The van der Waals surface area contributed by atoms with E-state index in [0.717, 1.165) is 10.8 Å². The number of esters is 1. The molecule has 0 atom stereocenters. The Bertz CT molecular complexity index is 958. The van der Waals surface area contributed by atoms with Gasteiger partial charge in [0.25, 0.3) is 5.91 Å². The fraction of sp³-hybridized carbons (Fsp3) is 0.100. The molecule has 0 aliphatic carbocycles. The average Bonchev–Trinajstić information content (AvgIpc) is 2.67. The third kappa shape index (κ3) is 5.01. The van der Waals surface area contributed by atoms with E-state index in [2.05, 4.69) is 10.1 Å². The molecule has 138 valence electrons. The predicted octanol–water partition coefficient (Wildman–Crippen LogP) is 4.24. The third-order valence-corrected chi connectivity index (χ3v) is 3.68. The molecular formula is C20H15F2NO4. The number of anilines is 1. The molecule has 0 bridgehead atoms. The van der Waals surface area contributed by atoms with Gasteiger partial charge in [-0.05, 0) is 47.2 Å². The van der Waals surface area contributed by atoms with Crippen molar-refractivity contribution in [2.75, 3.05) is 11.9 Å². The quantitative estimate of drug-likeness (QED) is 0.659. The van der Waals surface area contributed by atoms with Crippen LogP contribution in [0.25, 0.3) is 10.8 Å². The van der Waals surface area contributed by atoms with Crippen LogP contribution in [0, 0.1) is 0 Å². The normalized spacial score (nSPS) is 10.6. The van der Waals surface area contributed by atoms with E-state index in [-0.39, 0.29) is 5.75 Å².